The number of hydrogen-bond acceptors (Lipinski definition) is 4. The Labute approximate surface area is 167 Å². The van der Waals surface area contributed by atoms with Crippen molar-refractivity contribution in [3.05, 3.63) is 95.3 Å². The van der Waals surface area contributed by atoms with Crippen LogP contribution in [0, 0.1) is 12.7 Å². The maximum Gasteiger partial charge on any atom is 0.288 e. The van der Waals surface area contributed by atoms with Gasteiger partial charge in [0.1, 0.15) is 5.75 Å². The maximum atomic E-state index is 14.1. The van der Waals surface area contributed by atoms with Crippen molar-refractivity contribution in [2.24, 2.45) is 0 Å². The summed E-state index contributed by atoms with van der Waals surface area (Å²) in [5, 5.41) is 3.58. The van der Waals surface area contributed by atoms with E-state index in [-0.39, 0.29) is 11.3 Å². The molecule has 0 aliphatic carbocycles. The molecule has 5 nitrogen and oxygen atoms in total. The smallest absolute Gasteiger partial charge is 0.288 e. The maximum absolute atomic E-state index is 14.1. The highest BCUT2D eigenvalue weighted by atomic mass is 19.1. The molecule has 2 aromatic heterocycles. The first-order valence-corrected chi connectivity index (χ1v) is 9.11. The van der Waals surface area contributed by atoms with Gasteiger partial charge in [-0.25, -0.2) is 4.39 Å². The number of pyridine rings is 1. The van der Waals surface area contributed by atoms with Crippen LogP contribution in [0.2, 0.25) is 0 Å². The summed E-state index contributed by atoms with van der Waals surface area (Å²) in [6, 6.07) is 15.3. The SMILES string of the molecule is COc1ccc([C@H](NC(=O)c2oc3c(F)cccc3c2C)c2ccncc2)cc1. The van der Waals surface area contributed by atoms with E-state index >= 15 is 0 Å². The van der Waals surface area contributed by atoms with Gasteiger partial charge in [-0.2, -0.15) is 0 Å². The minimum Gasteiger partial charge on any atom is -0.497 e. The van der Waals surface area contributed by atoms with Gasteiger partial charge >= 0.3 is 0 Å². The largest absolute Gasteiger partial charge is 0.497 e. The topological polar surface area (TPSA) is 64.4 Å². The molecule has 2 aromatic carbocycles. The molecular weight excluding hydrogens is 371 g/mol. The van der Waals surface area contributed by atoms with Gasteiger partial charge in [0.05, 0.1) is 13.2 Å². The van der Waals surface area contributed by atoms with Crippen molar-refractivity contribution < 1.29 is 18.3 Å². The molecule has 1 N–H and O–H groups in total. The van der Waals surface area contributed by atoms with Crippen molar-refractivity contribution >= 4 is 16.9 Å². The quantitative estimate of drug-likeness (QED) is 0.531. The number of fused-ring (bicyclic) bond motifs is 1. The number of halogens is 1. The van der Waals surface area contributed by atoms with Crippen LogP contribution in [-0.2, 0) is 0 Å². The van der Waals surface area contributed by atoms with Gasteiger partial charge in [-0.1, -0.05) is 24.3 Å². The summed E-state index contributed by atoms with van der Waals surface area (Å²) in [6.07, 6.45) is 3.33. The lowest BCUT2D eigenvalue weighted by Gasteiger charge is -2.19. The predicted octanol–water partition coefficient (Wildman–Crippen LogP) is 4.80. The third kappa shape index (κ3) is 3.57. The van der Waals surface area contributed by atoms with E-state index in [4.69, 9.17) is 9.15 Å². The number of carbonyl (C=O) groups is 1. The molecule has 0 unspecified atom stereocenters. The normalized spacial score (nSPS) is 12.0. The minimum absolute atomic E-state index is 0.0834. The first kappa shape index (κ1) is 18.7. The summed E-state index contributed by atoms with van der Waals surface area (Å²) in [6.45, 7) is 1.75. The van der Waals surface area contributed by atoms with Gasteiger partial charge in [0.2, 0.25) is 0 Å². The van der Waals surface area contributed by atoms with Crippen LogP contribution in [0.5, 0.6) is 5.75 Å². The Morgan fingerprint density at radius 1 is 1.07 bits per heavy atom. The summed E-state index contributed by atoms with van der Waals surface area (Å²) in [5.74, 6) is -0.101. The van der Waals surface area contributed by atoms with E-state index in [1.165, 1.54) is 6.07 Å². The molecule has 1 atom stereocenters. The molecule has 0 saturated heterocycles. The molecule has 1 amide bonds. The van der Waals surface area contributed by atoms with Crippen LogP contribution in [-0.4, -0.2) is 18.0 Å². The second kappa shape index (κ2) is 7.75. The number of carbonyl (C=O) groups excluding carboxylic acids is 1. The molecule has 29 heavy (non-hydrogen) atoms. The number of amides is 1. The molecular formula is C23H19FN2O3. The van der Waals surface area contributed by atoms with Crippen molar-refractivity contribution in [3.63, 3.8) is 0 Å². The van der Waals surface area contributed by atoms with Crippen LogP contribution in [0.15, 0.2) is 71.4 Å². The van der Waals surface area contributed by atoms with E-state index in [1.54, 1.807) is 38.6 Å². The summed E-state index contributed by atoms with van der Waals surface area (Å²) < 4.78 is 24.9. The molecule has 0 bridgehead atoms. The number of rotatable bonds is 5. The van der Waals surface area contributed by atoms with E-state index in [2.05, 4.69) is 10.3 Å². The van der Waals surface area contributed by atoms with E-state index in [0.29, 0.717) is 10.9 Å². The second-order valence-electron chi connectivity index (χ2n) is 6.63. The third-order valence-electron chi connectivity index (χ3n) is 4.89. The molecule has 146 valence electrons. The Balaban J connectivity index is 1.71. The van der Waals surface area contributed by atoms with Gasteiger partial charge < -0.3 is 14.5 Å². The summed E-state index contributed by atoms with van der Waals surface area (Å²) in [4.78, 5) is 17.1. The molecule has 0 spiro atoms. The van der Waals surface area contributed by atoms with E-state index < -0.39 is 17.8 Å². The standard InChI is InChI=1S/C23H19FN2O3/c1-14-18-4-3-5-19(24)22(18)29-21(14)23(27)26-20(16-10-12-25-13-11-16)15-6-8-17(28-2)9-7-15/h3-13,20H,1-2H3,(H,26,27)/t20-/m0/s1. The summed E-state index contributed by atoms with van der Waals surface area (Å²) in [5.41, 5.74) is 2.41. The lowest BCUT2D eigenvalue weighted by atomic mass is 9.99. The molecule has 4 rings (SSSR count). The fourth-order valence-corrected chi connectivity index (χ4v) is 3.33. The number of methoxy groups -OCH3 is 1. The third-order valence-corrected chi connectivity index (χ3v) is 4.89. The molecule has 0 fully saturated rings. The number of aromatic nitrogens is 1. The van der Waals surface area contributed by atoms with Gasteiger partial charge in [0, 0.05) is 23.3 Å². The number of hydrogen-bond donors (Lipinski definition) is 1. The Kier molecular flexibility index (Phi) is 4.99. The zero-order chi connectivity index (χ0) is 20.4. The Bertz CT molecular complexity index is 1150. The van der Waals surface area contributed by atoms with Gasteiger partial charge in [-0.15, -0.1) is 0 Å². The second-order valence-corrected chi connectivity index (χ2v) is 6.63. The van der Waals surface area contributed by atoms with E-state index in [0.717, 1.165) is 16.9 Å². The minimum atomic E-state index is -0.495. The lowest BCUT2D eigenvalue weighted by molar-refractivity contribution is 0.0916. The van der Waals surface area contributed by atoms with Crippen LogP contribution >= 0.6 is 0 Å². The summed E-state index contributed by atoms with van der Waals surface area (Å²) in [7, 11) is 1.60. The zero-order valence-corrected chi connectivity index (χ0v) is 16.0. The highest BCUT2D eigenvalue weighted by Gasteiger charge is 2.23. The Morgan fingerprint density at radius 3 is 2.41 bits per heavy atom. The molecule has 0 saturated carbocycles. The highest BCUT2D eigenvalue weighted by Crippen LogP contribution is 2.29. The fraction of sp³-hybridized carbons (Fsp3) is 0.130. The zero-order valence-electron chi connectivity index (χ0n) is 16.0. The van der Waals surface area contributed by atoms with Crippen molar-refractivity contribution in [3.8, 4) is 5.75 Å². The van der Waals surface area contributed by atoms with E-state index in [1.807, 2.05) is 36.4 Å². The van der Waals surface area contributed by atoms with Crippen LogP contribution in [0.25, 0.3) is 11.0 Å². The van der Waals surface area contributed by atoms with Crippen LogP contribution in [0.3, 0.4) is 0 Å². The van der Waals surface area contributed by atoms with Gasteiger partial charge in [-0.3, -0.25) is 9.78 Å². The number of furan rings is 1. The van der Waals surface area contributed by atoms with Crippen LogP contribution < -0.4 is 10.1 Å². The van der Waals surface area contributed by atoms with Crippen molar-refractivity contribution in [1.82, 2.24) is 10.3 Å². The molecule has 4 aromatic rings. The molecule has 0 aliphatic heterocycles. The number of nitrogens with one attached hydrogen (secondary N) is 1. The molecule has 0 aliphatic rings. The Hall–Kier alpha value is -3.67. The monoisotopic (exact) mass is 390 g/mol. The fourth-order valence-electron chi connectivity index (χ4n) is 3.33. The number of ether oxygens (including phenoxy) is 1. The van der Waals surface area contributed by atoms with Gasteiger partial charge in [-0.05, 0) is 48.4 Å². The average molecular weight is 390 g/mol. The van der Waals surface area contributed by atoms with Crippen molar-refractivity contribution in [1.29, 1.82) is 0 Å². The van der Waals surface area contributed by atoms with Gasteiger partial charge in [0.15, 0.2) is 17.2 Å². The van der Waals surface area contributed by atoms with Crippen molar-refractivity contribution in [2.45, 2.75) is 13.0 Å². The summed E-state index contributed by atoms with van der Waals surface area (Å²) >= 11 is 0. The molecule has 2 heterocycles. The van der Waals surface area contributed by atoms with Crippen LogP contribution in [0.1, 0.15) is 33.3 Å². The van der Waals surface area contributed by atoms with E-state index in [9.17, 15) is 9.18 Å². The lowest BCUT2D eigenvalue weighted by Crippen LogP contribution is -2.29. The predicted molar refractivity (Wildman–Crippen MR) is 107 cm³/mol. The van der Waals surface area contributed by atoms with Crippen molar-refractivity contribution in [2.75, 3.05) is 7.11 Å². The Morgan fingerprint density at radius 2 is 1.76 bits per heavy atom. The first-order valence-electron chi connectivity index (χ1n) is 9.11. The number of nitrogens with zero attached hydrogens (tertiary/aromatic N) is 1. The first-order chi connectivity index (χ1) is 14.1. The molecule has 0 radical (unpaired) electrons. The highest BCUT2D eigenvalue weighted by molar-refractivity contribution is 5.99. The molecule has 6 heteroatoms. The average Bonchev–Trinajstić information content (AvgIpc) is 3.11. The number of benzene rings is 2. The van der Waals surface area contributed by atoms with Gasteiger partial charge in [0.25, 0.3) is 5.91 Å². The number of aryl methyl sites for hydroxylation is 1. The number of para-hydroxylation sites is 1. The van der Waals surface area contributed by atoms with Crippen LogP contribution in [0.4, 0.5) is 4.39 Å².